The van der Waals surface area contributed by atoms with Crippen LogP contribution in [0.25, 0.3) is 0 Å². The molecule has 0 amide bonds. The lowest BCUT2D eigenvalue weighted by molar-refractivity contribution is 0.414. The van der Waals surface area contributed by atoms with Crippen LogP contribution < -0.4 is 10.1 Å². The van der Waals surface area contributed by atoms with Gasteiger partial charge in [0.05, 0.1) is 7.11 Å². The number of likely N-dealkylation sites (N-methyl/N-ethyl adjacent to an activating group) is 1. The zero-order valence-corrected chi connectivity index (χ0v) is 12.2. The number of nitrogens with one attached hydrogen (secondary N) is 1. The van der Waals surface area contributed by atoms with Gasteiger partial charge in [0.2, 0.25) is 0 Å². The van der Waals surface area contributed by atoms with E-state index in [1.165, 1.54) is 24.8 Å². The van der Waals surface area contributed by atoms with Crippen molar-refractivity contribution in [1.29, 1.82) is 0 Å². The Morgan fingerprint density at radius 1 is 1.11 bits per heavy atom. The fourth-order valence-electron chi connectivity index (χ4n) is 2.17. The van der Waals surface area contributed by atoms with Crippen LogP contribution in [0.2, 0.25) is 0 Å². The zero-order chi connectivity index (χ0) is 13.4. The van der Waals surface area contributed by atoms with E-state index in [-0.39, 0.29) is 0 Å². The standard InChI is InChI=1S/C16H27NO/c1-13(2)6-5-7-15(17-3)12-14-8-10-16(18-4)11-9-14/h8-11,13,15,17H,5-7,12H2,1-4H3. The van der Waals surface area contributed by atoms with Crippen LogP contribution in [-0.2, 0) is 6.42 Å². The molecule has 2 heteroatoms. The minimum absolute atomic E-state index is 0.581. The first kappa shape index (κ1) is 15.0. The summed E-state index contributed by atoms with van der Waals surface area (Å²) in [4.78, 5) is 0. The third kappa shape index (κ3) is 5.54. The highest BCUT2D eigenvalue weighted by Gasteiger charge is 2.07. The Labute approximate surface area is 112 Å². The van der Waals surface area contributed by atoms with Crippen LogP contribution in [0.15, 0.2) is 24.3 Å². The Morgan fingerprint density at radius 3 is 2.28 bits per heavy atom. The molecule has 0 heterocycles. The smallest absolute Gasteiger partial charge is 0.118 e. The molecule has 0 aliphatic carbocycles. The van der Waals surface area contributed by atoms with Gasteiger partial charge in [-0.15, -0.1) is 0 Å². The van der Waals surface area contributed by atoms with Crippen LogP contribution in [0.1, 0.15) is 38.7 Å². The summed E-state index contributed by atoms with van der Waals surface area (Å²) in [6.07, 6.45) is 4.97. The molecule has 0 fully saturated rings. The van der Waals surface area contributed by atoms with Gasteiger partial charge in [-0.05, 0) is 43.5 Å². The van der Waals surface area contributed by atoms with E-state index >= 15 is 0 Å². The highest BCUT2D eigenvalue weighted by Crippen LogP contribution is 2.15. The molecule has 1 N–H and O–H groups in total. The fourth-order valence-corrected chi connectivity index (χ4v) is 2.17. The summed E-state index contributed by atoms with van der Waals surface area (Å²) >= 11 is 0. The SMILES string of the molecule is CNC(CCCC(C)C)Cc1ccc(OC)cc1. The van der Waals surface area contributed by atoms with Crippen molar-refractivity contribution in [3.8, 4) is 5.75 Å². The van der Waals surface area contributed by atoms with E-state index in [4.69, 9.17) is 4.74 Å². The van der Waals surface area contributed by atoms with Crippen molar-refractivity contribution in [2.75, 3.05) is 14.2 Å². The van der Waals surface area contributed by atoms with Crippen molar-refractivity contribution in [1.82, 2.24) is 5.32 Å². The van der Waals surface area contributed by atoms with Crippen molar-refractivity contribution in [2.24, 2.45) is 5.92 Å². The molecule has 1 atom stereocenters. The third-order valence-corrected chi connectivity index (χ3v) is 3.38. The maximum absolute atomic E-state index is 5.18. The minimum Gasteiger partial charge on any atom is -0.497 e. The summed E-state index contributed by atoms with van der Waals surface area (Å²) in [7, 11) is 3.76. The van der Waals surface area contributed by atoms with Gasteiger partial charge in [0.25, 0.3) is 0 Å². The molecular weight excluding hydrogens is 222 g/mol. The molecule has 1 aromatic carbocycles. The van der Waals surface area contributed by atoms with Crippen molar-refractivity contribution in [3.05, 3.63) is 29.8 Å². The van der Waals surface area contributed by atoms with E-state index < -0.39 is 0 Å². The molecule has 1 rings (SSSR count). The van der Waals surface area contributed by atoms with Crippen molar-refractivity contribution >= 4 is 0 Å². The number of ether oxygens (including phenoxy) is 1. The molecule has 0 aromatic heterocycles. The maximum atomic E-state index is 5.18. The van der Waals surface area contributed by atoms with Gasteiger partial charge < -0.3 is 10.1 Å². The molecule has 18 heavy (non-hydrogen) atoms. The van der Waals surface area contributed by atoms with Crippen molar-refractivity contribution in [2.45, 2.75) is 45.6 Å². The molecule has 0 spiro atoms. The topological polar surface area (TPSA) is 21.3 Å². The molecule has 2 nitrogen and oxygen atoms in total. The first-order valence-corrected chi connectivity index (χ1v) is 6.96. The summed E-state index contributed by atoms with van der Waals surface area (Å²) in [5.74, 6) is 1.74. The molecule has 0 radical (unpaired) electrons. The maximum Gasteiger partial charge on any atom is 0.118 e. The number of methoxy groups -OCH3 is 1. The van der Waals surface area contributed by atoms with Gasteiger partial charge in [-0.3, -0.25) is 0 Å². The van der Waals surface area contributed by atoms with E-state index in [1.54, 1.807) is 7.11 Å². The average molecular weight is 249 g/mol. The zero-order valence-electron chi connectivity index (χ0n) is 12.2. The number of rotatable bonds is 8. The molecule has 0 aliphatic heterocycles. The highest BCUT2D eigenvalue weighted by atomic mass is 16.5. The fraction of sp³-hybridized carbons (Fsp3) is 0.625. The lowest BCUT2D eigenvalue weighted by Crippen LogP contribution is -2.27. The quantitative estimate of drug-likeness (QED) is 0.759. The van der Waals surface area contributed by atoms with Gasteiger partial charge in [0, 0.05) is 6.04 Å². The first-order valence-electron chi connectivity index (χ1n) is 6.96. The Bertz CT molecular complexity index is 318. The van der Waals surface area contributed by atoms with Crippen LogP contribution >= 0.6 is 0 Å². The molecule has 0 bridgehead atoms. The Balaban J connectivity index is 2.41. The second-order valence-electron chi connectivity index (χ2n) is 5.36. The van der Waals surface area contributed by atoms with Gasteiger partial charge >= 0.3 is 0 Å². The normalized spacial score (nSPS) is 12.7. The summed E-state index contributed by atoms with van der Waals surface area (Å²) in [5, 5.41) is 3.42. The first-order chi connectivity index (χ1) is 8.65. The van der Waals surface area contributed by atoms with E-state index in [2.05, 4.69) is 38.3 Å². The molecule has 1 aromatic rings. The van der Waals surface area contributed by atoms with E-state index in [9.17, 15) is 0 Å². The number of hydrogen-bond acceptors (Lipinski definition) is 2. The lowest BCUT2D eigenvalue weighted by atomic mass is 9.98. The molecule has 102 valence electrons. The lowest BCUT2D eigenvalue weighted by Gasteiger charge is -2.17. The largest absolute Gasteiger partial charge is 0.497 e. The van der Waals surface area contributed by atoms with Gasteiger partial charge in [-0.1, -0.05) is 38.8 Å². The number of benzene rings is 1. The molecule has 0 saturated carbocycles. The summed E-state index contributed by atoms with van der Waals surface area (Å²) in [6.45, 7) is 4.58. The van der Waals surface area contributed by atoms with Gasteiger partial charge in [-0.25, -0.2) is 0 Å². The van der Waals surface area contributed by atoms with E-state index in [1.807, 2.05) is 12.1 Å². The van der Waals surface area contributed by atoms with Crippen LogP contribution in [0, 0.1) is 5.92 Å². The summed E-state index contributed by atoms with van der Waals surface area (Å²) in [6, 6.07) is 8.97. The Morgan fingerprint density at radius 2 is 1.78 bits per heavy atom. The van der Waals surface area contributed by atoms with Gasteiger partial charge in [0.15, 0.2) is 0 Å². The summed E-state index contributed by atoms with van der Waals surface area (Å²) < 4.78 is 5.18. The van der Waals surface area contributed by atoms with Crippen LogP contribution in [0.5, 0.6) is 5.75 Å². The third-order valence-electron chi connectivity index (χ3n) is 3.38. The second-order valence-corrected chi connectivity index (χ2v) is 5.36. The molecule has 0 aliphatic rings. The van der Waals surface area contributed by atoms with Crippen LogP contribution in [-0.4, -0.2) is 20.2 Å². The van der Waals surface area contributed by atoms with Gasteiger partial charge in [0.1, 0.15) is 5.75 Å². The van der Waals surface area contributed by atoms with Crippen molar-refractivity contribution < 1.29 is 4.74 Å². The Hall–Kier alpha value is -1.02. The van der Waals surface area contributed by atoms with Crippen molar-refractivity contribution in [3.63, 3.8) is 0 Å². The second kappa shape index (κ2) is 8.15. The Kier molecular flexibility index (Phi) is 6.81. The van der Waals surface area contributed by atoms with E-state index in [0.717, 1.165) is 18.1 Å². The molecule has 0 saturated heterocycles. The van der Waals surface area contributed by atoms with Gasteiger partial charge in [-0.2, -0.15) is 0 Å². The predicted molar refractivity (Wildman–Crippen MR) is 78.2 cm³/mol. The molecular formula is C16H27NO. The predicted octanol–water partition coefficient (Wildman–Crippen LogP) is 3.65. The number of hydrogen-bond donors (Lipinski definition) is 1. The highest BCUT2D eigenvalue weighted by molar-refractivity contribution is 5.27. The van der Waals surface area contributed by atoms with Crippen LogP contribution in [0.4, 0.5) is 0 Å². The van der Waals surface area contributed by atoms with E-state index in [0.29, 0.717) is 6.04 Å². The monoisotopic (exact) mass is 249 g/mol. The van der Waals surface area contributed by atoms with Crippen LogP contribution in [0.3, 0.4) is 0 Å². The summed E-state index contributed by atoms with van der Waals surface area (Å²) in [5.41, 5.74) is 1.37. The molecule has 1 unspecified atom stereocenters. The average Bonchev–Trinajstić information content (AvgIpc) is 2.38. The minimum atomic E-state index is 0.581.